The highest BCUT2D eigenvalue weighted by molar-refractivity contribution is 5.76. The van der Waals surface area contributed by atoms with Crippen molar-refractivity contribution in [1.82, 2.24) is 10.4 Å². The molecule has 39 valence electrons. The highest BCUT2D eigenvalue weighted by Crippen LogP contribution is 1.86. The van der Waals surface area contributed by atoms with Crippen molar-refractivity contribution >= 4 is 6.21 Å². The molecule has 0 aliphatic heterocycles. The van der Waals surface area contributed by atoms with Gasteiger partial charge in [0.05, 0.1) is 6.21 Å². The summed E-state index contributed by atoms with van der Waals surface area (Å²) in [6.45, 7) is 0. The Morgan fingerprint density at radius 2 is 2.50 bits per heavy atom. The molecule has 1 rings (SSSR count). The fourth-order valence-corrected chi connectivity index (χ4v) is 0.452. The topological polar surface area (TPSA) is 35.2 Å². The molecule has 1 radical (unpaired) electrons. The van der Waals surface area contributed by atoms with E-state index in [9.17, 15) is 0 Å². The summed E-state index contributed by atoms with van der Waals surface area (Å²) >= 11 is 0. The fourth-order valence-electron chi connectivity index (χ4n) is 0.452. The normalized spacial score (nSPS) is 8.50. The number of pyridine rings is 1. The third-order valence-electron chi connectivity index (χ3n) is 0.833. The van der Waals surface area contributed by atoms with Crippen molar-refractivity contribution < 1.29 is 0 Å². The van der Waals surface area contributed by atoms with Gasteiger partial charge < -0.3 is 0 Å². The van der Waals surface area contributed by atoms with Gasteiger partial charge in [-0.3, -0.25) is 4.98 Å². The Kier molecular flexibility index (Phi) is 1.37. The first-order valence-corrected chi connectivity index (χ1v) is 2.31. The van der Waals surface area contributed by atoms with Crippen LogP contribution in [0.5, 0.6) is 0 Å². The van der Waals surface area contributed by atoms with E-state index in [1.807, 2.05) is 0 Å². The molecule has 2 nitrogen and oxygen atoms in total. The van der Waals surface area contributed by atoms with Gasteiger partial charge in [-0.15, -0.1) is 0 Å². The molecule has 0 aromatic carbocycles. The number of aromatic nitrogens is 1. The molecule has 0 aliphatic carbocycles. The standard InChI is InChI=1S/C6H5N2/c7-4-6-2-1-3-8-5-6/h1-5H. The smallest absolute Gasteiger partial charge is 0.0583 e. The molecular weight excluding hydrogens is 100 g/mol. The van der Waals surface area contributed by atoms with Crippen LogP contribution in [-0.2, 0) is 0 Å². The molecule has 0 amide bonds. The van der Waals surface area contributed by atoms with Gasteiger partial charge in [0, 0.05) is 18.0 Å². The van der Waals surface area contributed by atoms with E-state index in [1.54, 1.807) is 24.5 Å². The van der Waals surface area contributed by atoms with Gasteiger partial charge in [-0.25, -0.2) is 0 Å². The largest absolute Gasteiger partial charge is 0.264 e. The maximum absolute atomic E-state index is 8.37. The van der Waals surface area contributed by atoms with Crippen molar-refractivity contribution in [3.8, 4) is 0 Å². The Labute approximate surface area is 47.7 Å². The predicted molar refractivity (Wildman–Crippen MR) is 31.5 cm³/mol. The Bertz CT molecular complexity index is 169. The highest BCUT2D eigenvalue weighted by Gasteiger charge is 1.79. The van der Waals surface area contributed by atoms with Crippen molar-refractivity contribution in [3.63, 3.8) is 0 Å². The van der Waals surface area contributed by atoms with Crippen LogP contribution in [0.2, 0.25) is 0 Å². The number of nitrogens with zero attached hydrogens (tertiary/aromatic N) is 2. The molecule has 0 bridgehead atoms. The number of hydrogen-bond donors (Lipinski definition) is 0. The van der Waals surface area contributed by atoms with Crippen molar-refractivity contribution in [2.75, 3.05) is 0 Å². The zero-order valence-corrected chi connectivity index (χ0v) is 4.28. The van der Waals surface area contributed by atoms with E-state index in [1.165, 1.54) is 0 Å². The zero-order chi connectivity index (χ0) is 5.82. The molecule has 0 N–H and O–H groups in total. The van der Waals surface area contributed by atoms with Crippen LogP contribution in [0, 0.1) is 0 Å². The van der Waals surface area contributed by atoms with Crippen LogP contribution in [0.15, 0.2) is 24.5 Å². The SMILES string of the molecule is [N]=Cc1cccnc1. The molecule has 0 saturated carbocycles. The Morgan fingerprint density at radius 3 is 2.88 bits per heavy atom. The minimum atomic E-state index is 0.729. The number of rotatable bonds is 1. The van der Waals surface area contributed by atoms with Crippen LogP contribution >= 0.6 is 0 Å². The second kappa shape index (κ2) is 2.21. The van der Waals surface area contributed by atoms with Crippen LogP contribution in [0.25, 0.3) is 0 Å². The summed E-state index contributed by atoms with van der Waals surface area (Å²) in [7, 11) is 0. The van der Waals surface area contributed by atoms with Crippen LogP contribution in [0.4, 0.5) is 0 Å². The summed E-state index contributed by atoms with van der Waals surface area (Å²) in [5.41, 5.74) is 0.729. The summed E-state index contributed by atoms with van der Waals surface area (Å²) in [6.07, 6.45) is 4.26. The molecule has 0 unspecified atom stereocenters. The summed E-state index contributed by atoms with van der Waals surface area (Å²) in [6, 6.07) is 3.54. The van der Waals surface area contributed by atoms with Crippen molar-refractivity contribution in [1.29, 1.82) is 0 Å². The van der Waals surface area contributed by atoms with Gasteiger partial charge in [0.15, 0.2) is 0 Å². The second-order valence-electron chi connectivity index (χ2n) is 1.42. The molecule has 2 heteroatoms. The second-order valence-corrected chi connectivity index (χ2v) is 1.42. The van der Waals surface area contributed by atoms with E-state index in [-0.39, 0.29) is 0 Å². The first-order valence-electron chi connectivity index (χ1n) is 2.31. The average Bonchev–Trinajstić information content (AvgIpc) is 1.90. The monoisotopic (exact) mass is 105 g/mol. The molecule has 0 spiro atoms. The van der Waals surface area contributed by atoms with Gasteiger partial charge in [-0.05, 0) is 6.07 Å². The van der Waals surface area contributed by atoms with E-state index in [0.29, 0.717) is 0 Å². The van der Waals surface area contributed by atoms with Gasteiger partial charge in [-0.2, -0.15) is 5.41 Å². The molecule has 0 saturated heterocycles. The average molecular weight is 105 g/mol. The Balaban J connectivity index is 2.99. The Hall–Kier alpha value is -1.18. The molecule has 0 fully saturated rings. The van der Waals surface area contributed by atoms with E-state index in [0.717, 1.165) is 11.8 Å². The third-order valence-corrected chi connectivity index (χ3v) is 0.833. The van der Waals surface area contributed by atoms with Gasteiger partial charge in [-0.1, -0.05) is 6.07 Å². The molecule has 1 aromatic heterocycles. The lowest BCUT2D eigenvalue weighted by Gasteiger charge is -1.82. The van der Waals surface area contributed by atoms with Crippen molar-refractivity contribution in [2.24, 2.45) is 0 Å². The summed E-state index contributed by atoms with van der Waals surface area (Å²) < 4.78 is 0. The summed E-state index contributed by atoms with van der Waals surface area (Å²) in [5, 5.41) is 8.37. The minimum absolute atomic E-state index is 0.729. The van der Waals surface area contributed by atoms with Crippen LogP contribution in [0.1, 0.15) is 5.56 Å². The van der Waals surface area contributed by atoms with E-state index < -0.39 is 0 Å². The first-order chi connectivity index (χ1) is 3.93. The Morgan fingerprint density at radius 1 is 1.62 bits per heavy atom. The van der Waals surface area contributed by atoms with E-state index in [4.69, 9.17) is 5.41 Å². The van der Waals surface area contributed by atoms with E-state index >= 15 is 0 Å². The summed E-state index contributed by atoms with van der Waals surface area (Å²) in [4.78, 5) is 3.76. The summed E-state index contributed by atoms with van der Waals surface area (Å²) in [5.74, 6) is 0. The van der Waals surface area contributed by atoms with Crippen molar-refractivity contribution in [3.05, 3.63) is 30.1 Å². The van der Waals surface area contributed by atoms with Gasteiger partial charge in [0.1, 0.15) is 0 Å². The van der Waals surface area contributed by atoms with Gasteiger partial charge >= 0.3 is 0 Å². The molecule has 0 aliphatic rings. The van der Waals surface area contributed by atoms with Crippen LogP contribution < -0.4 is 5.41 Å². The molecule has 1 aromatic rings. The lowest BCUT2D eigenvalue weighted by molar-refractivity contribution is 1.32. The molecule has 8 heavy (non-hydrogen) atoms. The maximum atomic E-state index is 8.37. The minimum Gasteiger partial charge on any atom is -0.264 e. The quantitative estimate of drug-likeness (QED) is 0.473. The van der Waals surface area contributed by atoms with E-state index in [2.05, 4.69) is 4.98 Å². The molecule has 1 heterocycles. The fraction of sp³-hybridized carbons (Fsp3) is 0. The zero-order valence-electron chi connectivity index (χ0n) is 4.28. The highest BCUT2D eigenvalue weighted by atomic mass is 14.6. The molecular formula is C6H5N2. The predicted octanol–water partition coefficient (Wildman–Crippen LogP) is 0.301. The maximum Gasteiger partial charge on any atom is 0.0583 e. The van der Waals surface area contributed by atoms with Gasteiger partial charge in [0.2, 0.25) is 0 Å². The molecule has 0 atom stereocenters. The lowest BCUT2D eigenvalue weighted by atomic mass is 10.3. The third kappa shape index (κ3) is 0.904. The first kappa shape index (κ1) is 4.97. The lowest BCUT2D eigenvalue weighted by Crippen LogP contribution is -1.79. The number of hydrogen-bond acceptors (Lipinski definition) is 1. The van der Waals surface area contributed by atoms with Crippen LogP contribution in [-0.4, -0.2) is 11.2 Å². The van der Waals surface area contributed by atoms with Gasteiger partial charge in [0.25, 0.3) is 0 Å². The van der Waals surface area contributed by atoms with Crippen LogP contribution in [0.3, 0.4) is 0 Å². The van der Waals surface area contributed by atoms with Crippen molar-refractivity contribution in [2.45, 2.75) is 0 Å².